The molecule has 0 saturated heterocycles. The van der Waals surface area contributed by atoms with Crippen LogP contribution in [0, 0.1) is 0 Å². The molecule has 0 unspecified atom stereocenters. The number of aliphatic imine (C=N–C) groups is 1. The van der Waals surface area contributed by atoms with Crippen LogP contribution in [0.3, 0.4) is 0 Å². The zero-order valence-electron chi connectivity index (χ0n) is 16.3. The third kappa shape index (κ3) is 4.68. The van der Waals surface area contributed by atoms with Crippen molar-refractivity contribution >= 4 is 33.8 Å². The molecule has 0 spiro atoms. The number of benzene rings is 3. The molecule has 3 aromatic carbocycles. The van der Waals surface area contributed by atoms with Crippen molar-refractivity contribution in [3.63, 3.8) is 0 Å². The van der Waals surface area contributed by atoms with E-state index >= 15 is 0 Å². The van der Waals surface area contributed by atoms with Gasteiger partial charge in [0.2, 0.25) is 0 Å². The van der Waals surface area contributed by atoms with Crippen LogP contribution in [-0.4, -0.2) is 16.7 Å². The van der Waals surface area contributed by atoms with Gasteiger partial charge in [-0.3, -0.25) is 9.79 Å². The van der Waals surface area contributed by atoms with E-state index in [1.807, 2.05) is 30.3 Å². The van der Waals surface area contributed by atoms with Gasteiger partial charge in [0.05, 0.1) is 22.5 Å². The van der Waals surface area contributed by atoms with Gasteiger partial charge >= 0.3 is 6.18 Å². The van der Waals surface area contributed by atoms with Gasteiger partial charge < -0.3 is 10.4 Å². The van der Waals surface area contributed by atoms with Crippen molar-refractivity contribution in [1.29, 1.82) is 0 Å². The smallest absolute Gasteiger partial charge is 0.416 e. The van der Waals surface area contributed by atoms with E-state index in [0.717, 1.165) is 22.9 Å². The summed E-state index contributed by atoms with van der Waals surface area (Å²) in [6.07, 6.45) is -4.50. The third-order valence-corrected chi connectivity index (χ3v) is 4.46. The number of aliphatic hydroxyl groups is 1. The Kier molecular flexibility index (Phi) is 5.91. The van der Waals surface area contributed by atoms with E-state index < -0.39 is 17.6 Å². The number of amides is 1. The summed E-state index contributed by atoms with van der Waals surface area (Å²) in [5, 5.41) is 14.6. The standard InChI is InChI=1S/C23H19F3N2O2/c1-14(27-18-10-6-9-17(13-18)23(24,25)26)21(15(2)29)22(30)28-20-12-5-8-16-7-3-4-11-19(16)20/h3-13,29H,1-2H3,(H,28,30)/b21-15-,27-14?. The highest BCUT2D eigenvalue weighted by molar-refractivity contribution is 6.26. The SMILES string of the molecule is CC(=Nc1cccc(C(F)(F)F)c1)/C(C(=O)Nc1cccc2ccccc12)=C(\C)O. The number of aliphatic hydroxyl groups excluding tert-OH is 1. The monoisotopic (exact) mass is 412 g/mol. The summed E-state index contributed by atoms with van der Waals surface area (Å²) in [5.74, 6) is -0.902. The largest absolute Gasteiger partial charge is 0.512 e. The van der Waals surface area contributed by atoms with Crippen molar-refractivity contribution in [3.05, 3.63) is 83.6 Å². The Labute approximate surface area is 171 Å². The topological polar surface area (TPSA) is 61.7 Å². The molecule has 0 saturated carbocycles. The Balaban J connectivity index is 1.93. The van der Waals surface area contributed by atoms with Crippen molar-refractivity contribution in [2.24, 2.45) is 4.99 Å². The zero-order valence-corrected chi connectivity index (χ0v) is 16.3. The van der Waals surface area contributed by atoms with Crippen LogP contribution in [-0.2, 0) is 11.0 Å². The second-order valence-corrected chi connectivity index (χ2v) is 6.69. The lowest BCUT2D eigenvalue weighted by Gasteiger charge is -2.12. The fourth-order valence-corrected chi connectivity index (χ4v) is 3.11. The number of rotatable bonds is 4. The first-order valence-corrected chi connectivity index (χ1v) is 9.08. The van der Waals surface area contributed by atoms with Gasteiger partial charge in [-0.1, -0.05) is 42.5 Å². The molecule has 7 heteroatoms. The average Bonchev–Trinajstić information content (AvgIpc) is 2.67. The number of fused-ring (bicyclic) bond motifs is 1. The maximum Gasteiger partial charge on any atom is 0.416 e. The molecule has 0 fully saturated rings. The highest BCUT2D eigenvalue weighted by Gasteiger charge is 2.30. The molecule has 30 heavy (non-hydrogen) atoms. The molecule has 0 heterocycles. The van der Waals surface area contributed by atoms with Crippen LogP contribution in [0.2, 0.25) is 0 Å². The quantitative estimate of drug-likeness (QED) is 0.295. The number of hydrogen-bond acceptors (Lipinski definition) is 3. The van der Waals surface area contributed by atoms with Crippen LogP contribution < -0.4 is 5.32 Å². The number of carbonyl (C=O) groups is 1. The molecule has 1 amide bonds. The van der Waals surface area contributed by atoms with Crippen LogP contribution in [0.5, 0.6) is 0 Å². The minimum absolute atomic E-state index is 0.0269. The third-order valence-electron chi connectivity index (χ3n) is 4.46. The van der Waals surface area contributed by atoms with Crippen molar-refractivity contribution in [1.82, 2.24) is 0 Å². The lowest BCUT2D eigenvalue weighted by Crippen LogP contribution is -2.21. The number of nitrogens with one attached hydrogen (secondary N) is 1. The highest BCUT2D eigenvalue weighted by atomic mass is 19.4. The number of nitrogens with zero attached hydrogens (tertiary/aromatic N) is 1. The van der Waals surface area contributed by atoms with Crippen molar-refractivity contribution in [2.45, 2.75) is 20.0 Å². The van der Waals surface area contributed by atoms with Gasteiger partial charge in [0.1, 0.15) is 5.76 Å². The summed E-state index contributed by atoms with van der Waals surface area (Å²) >= 11 is 0. The van der Waals surface area contributed by atoms with E-state index in [9.17, 15) is 23.1 Å². The van der Waals surface area contributed by atoms with E-state index in [4.69, 9.17) is 0 Å². The lowest BCUT2D eigenvalue weighted by atomic mass is 10.1. The molecule has 0 aliphatic rings. The molecule has 3 rings (SSSR count). The first-order valence-electron chi connectivity index (χ1n) is 9.08. The van der Waals surface area contributed by atoms with Crippen molar-refractivity contribution in [2.75, 3.05) is 5.32 Å². The molecule has 0 aliphatic carbocycles. The van der Waals surface area contributed by atoms with Crippen LogP contribution in [0.4, 0.5) is 24.5 Å². The van der Waals surface area contributed by atoms with E-state index in [0.29, 0.717) is 5.69 Å². The van der Waals surface area contributed by atoms with E-state index in [-0.39, 0.29) is 22.7 Å². The fraction of sp³-hybridized carbons (Fsp3) is 0.130. The predicted molar refractivity (Wildman–Crippen MR) is 112 cm³/mol. The zero-order chi connectivity index (χ0) is 21.9. The first kappa shape index (κ1) is 21.1. The maximum absolute atomic E-state index is 12.9. The second-order valence-electron chi connectivity index (χ2n) is 6.69. The van der Waals surface area contributed by atoms with Crippen LogP contribution >= 0.6 is 0 Å². The molecule has 0 radical (unpaired) electrons. The number of halogens is 3. The van der Waals surface area contributed by atoms with E-state index in [2.05, 4.69) is 10.3 Å². The normalized spacial score (nSPS) is 13.2. The Hall–Kier alpha value is -3.61. The Bertz CT molecular complexity index is 1160. The summed E-state index contributed by atoms with van der Waals surface area (Å²) < 4.78 is 38.8. The van der Waals surface area contributed by atoms with Crippen LogP contribution in [0.25, 0.3) is 10.8 Å². The maximum atomic E-state index is 12.9. The first-order chi connectivity index (χ1) is 14.2. The lowest BCUT2D eigenvalue weighted by molar-refractivity contribution is -0.137. The van der Waals surface area contributed by atoms with Crippen LogP contribution in [0.1, 0.15) is 19.4 Å². The Morgan fingerprint density at radius 1 is 0.967 bits per heavy atom. The fourth-order valence-electron chi connectivity index (χ4n) is 3.11. The summed E-state index contributed by atoms with van der Waals surface area (Å²) in [5.41, 5.74) is -0.293. The van der Waals surface area contributed by atoms with Gasteiger partial charge in [0.25, 0.3) is 5.91 Å². The summed E-state index contributed by atoms with van der Waals surface area (Å²) in [6, 6.07) is 17.3. The number of anilines is 1. The molecule has 0 aliphatic heterocycles. The number of hydrogen-bond donors (Lipinski definition) is 2. The van der Waals surface area contributed by atoms with E-state index in [1.165, 1.54) is 26.0 Å². The highest BCUT2D eigenvalue weighted by Crippen LogP contribution is 2.31. The van der Waals surface area contributed by atoms with Crippen LogP contribution in [0.15, 0.2) is 83.1 Å². The molecule has 0 bridgehead atoms. The van der Waals surface area contributed by atoms with Crippen molar-refractivity contribution < 1.29 is 23.1 Å². The van der Waals surface area contributed by atoms with Gasteiger partial charge in [0, 0.05) is 11.1 Å². The molecular weight excluding hydrogens is 393 g/mol. The summed E-state index contributed by atoms with van der Waals surface area (Å²) in [4.78, 5) is 17.0. The Morgan fingerprint density at radius 3 is 2.33 bits per heavy atom. The molecule has 4 nitrogen and oxygen atoms in total. The molecule has 0 aromatic heterocycles. The van der Waals surface area contributed by atoms with Gasteiger partial charge in [-0.2, -0.15) is 13.2 Å². The number of carbonyl (C=O) groups excluding carboxylic acids is 1. The summed E-state index contributed by atoms with van der Waals surface area (Å²) in [6.45, 7) is 2.78. The van der Waals surface area contributed by atoms with Gasteiger partial charge in [-0.05, 0) is 43.5 Å². The predicted octanol–water partition coefficient (Wildman–Crippen LogP) is 6.42. The second kappa shape index (κ2) is 8.41. The number of allylic oxidation sites excluding steroid dienone is 1. The molecule has 154 valence electrons. The minimum Gasteiger partial charge on any atom is -0.512 e. The van der Waals surface area contributed by atoms with Gasteiger partial charge in [-0.25, -0.2) is 0 Å². The Morgan fingerprint density at radius 2 is 1.63 bits per heavy atom. The molecule has 3 aromatic rings. The van der Waals surface area contributed by atoms with E-state index in [1.54, 1.807) is 12.1 Å². The summed E-state index contributed by atoms with van der Waals surface area (Å²) in [7, 11) is 0. The average molecular weight is 412 g/mol. The molecule has 0 atom stereocenters. The van der Waals surface area contributed by atoms with Gasteiger partial charge in [-0.15, -0.1) is 0 Å². The minimum atomic E-state index is -4.50. The van der Waals surface area contributed by atoms with Crippen molar-refractivity contribution in [3.8, 4) is 0 Å². The number of alkyl halides is 3. The molecular formula is C23H19F3N2O2. The molecule has 2 N–H and O–H groups in total. The van der Waals surface area contributed by atoms with Gasteiger partial charge in [0.15, 0.2) is 0 Å².